The average Bonchev–Trinajstić information content (AvgIpc) is 3.04. The van der Waals surface area contributed by atoms with Crippen LogP contribution in [0.15, 0.2) is 48.8 Å². The summed E-state index contributed by atoms with van der Waals surface area (Å²) in [4.78, 5) is 12.8. The van der Waals surface area contributed by atoms with E-state index in [4.69, 9.17) is 11.6 Å². The number of hydrogen-bond acceptors (Lipinski definition) is 2. The Morgan fingerprint density at radius 1 is 1.19 bits per heavy atom. The molecule has 3 aromatic rings. The predicted molar refractivity (Wildman–Crippen MR) is 92.8 cm³/mol. The van der Waals surface area contributed by atoms with Crippen molar-refractivity contribution in [2.24, 2.45) is 7.05 Å². The van der Waals surface area contributed by atoms with E-state index in [1.54, 1.807) is 0 Å². The van der Waals surface area contributed by atoms with Crippen LogP contribution in [0.1, 0.15) is 10.4 Å². The summed E-state index contributed by atoms with van der Waals surface area (Å²) in [5, 5.41) is 3.55. The molecule has 0 spiro atoms. The SMILES string of the molecule is Cn1cc(C(=O)N(c2cc(F)ccc2-c2ccc(F)c(Cl)c2)C(F)F)cn1. The van der Waals surface area contributed by atoms with Crippen LogP contribution in [-0.4, -0.2) is 22.2 Å². The van der Waals surface area contributed by atoms with E-state index in [9.17, 15) is 22.4 Å². The molecule has 0 radical (unpaired) electrons. The lowest BCUT2D eigenvalue weighted by Crippen LogP contribution is -2.36. The number of nitrogens with zero attached hydrogens (tertiary/aromatic N) is 3. The van der Waals surface area contributed by atoms with Gasteiger partial charge in [-0.15, -0.1) is 0 Å². The summed E-state index contributed by atoms with van der Waals surface area (Å²) in [6.07, 6.45) is 2.40. The fraction of sp³-hybridized carbons (Fsp3) is 0.111. The second-order valence-electron chi connectivity index (χ2n) is 5.65. The van der Waals surface area contributed by atoms with Gasteiger partial charge in [-0.25, -0.2) is 13.7 Å². The molecule has 1 heterocycles. The Balaban J connectivity index is 2.16. The highest BCUT2D eigenvalue weighted by Crippen LogP contribution is 2.35. The first-order valence-corrected chi connectivity index (χ1v) is 8.01. The highest BCUT2D eigenvalue weighted by Gasteiger charge is 2.29. The highest BCUT2D eigenvalue weighted by atomic mass is 35.5. The summed E-state index contributed by atoms with van der Waals surface area (Å²) < 4.78 is 56.1. The summed E-state index contributed by atoms with van der Waals surface area (Å²) >= 11 is 5.76. The third kappa shape index (κ3) is 3.80. The van der Waals surface area contributed by atoms with E-state index in [1.165, 1.54) is 36.1 Å². The molecule has 0 fully saturated rings. The number of carbonyl (C=O) groups is 1. The number of aryl methyl sites for hydroxylation is 1. The Kier molecular flexibility index (Phi) is 5.18. The molecule has 0 aliphatic carbocycles. The molecule has 1 amide bonds. The number of amides is 1. The number of alkyl halides is 2. The summed E-state index contributed by atoms with van der Waals surface area (Å²) in [6.45, 7) is -3.26. The fourth-order valence-electron chi connectivity index (χ4n) is 2.59. The van der Waals surface area contributed by atoms with Crippen LogP contribution in [0.4, 0.5) is 23.2 Å². The lowest BCUT2D eigenvalue weighted by atomic mass is 10.0. The standard InChI is InChI=1S/C18H12ClF4N3O/c1-25-9-11(8-24-25)17(27)26(18(22)23)16-7-12(20)3-4-13(16)10-2-5-15(21)14(19)6-10/h2-9,18H,1H3. The van der Waals surface area contributed by atoms with Crippen molar-refractivity contribution in [1.82, 2.24) is 9.78 Å². The van der Waals surface area contributed by atoms with Crippen LogP contribution in [0.5, 0.6) is 0 Å². The van der Waals surface area contributed by atoms with E-state index < -0.39 is 24.1 Å². The van der Waals surface area contributed by atoms with Crippen LogP contribution in [0.2, 0.25) is 5.02 Å². The molecule has 0 bridgehead atoms. The van der Waals surface area contributed by atoms with Gasteiger partial charge in [0.05, 0.1) is 22.5 Å². The van der Waals surface area contributed by atoms with Crippen LogP contribution >= 0.6 is 11.6 Å². The molecule has 9 heteroatoms. The molecule has 0 aliphatic rings. The Morgan fingerprint density at radius 2 is 1.93 bits per heavy atom. The van der Waals surface area contributed by atoms with Crippen LogP contribution in [-0.2, 0) is 7.05 Å². The van der Waals surface area contributed by atoms with Gasteiger partial charge in [-0.1, -0.05) is 17.7 Å². The minimum atomic E-state index is -3.26. The van der Waals surface area contributed by atoms with Crippen LogP contribution < -0.4 is 4.90 Å². The molecule has 140 valence electrons. The van der Waals surface area contributed by atoms with Gasteiger partial charge in [-0.2, -0.15) is 13.9 Å². The molecule has 3 rings (SSSR count). The number of benzene rings is 2. The monoisotopic (exact) mass is 397 g/mol. The first-order valence-electron chi connectivity index (χ1n) is 7.63. The molecule has 0 saturated heterocycles. The normalized spacial score (nSPS) is 11.1. The van der Waals surface area contributed by atoms with Crippen molar-refractivity contribution in [2.45, 2.75) is 6.55 Å². The van der Waals surface area contributed by atoms with Gasteiger partial charge in [0.1, 0.15) is 11.6 Å². The second-order valence-corrected chi connectivity index (χ2v) is 6.05. The van der Waals surface area contributed by atoms with Crippen molar-refractivity contribution in [3.05, 3.63) is 71.0 Å². The van der Waals surface area contributed by atoms with E-state index >= 15 is 0 Å². The zero-order chi connectivity index (χ0) is 19.7. The van der Waals surface area contributed by atoms with Crippen molar-refractivity contribution in [2.75, 3.05) is 4.90 Å². The number of hydrogen-bond donors (Lipinski definition) is 0. The Bertz CT molecular complexity index is 1010. The molecule has 27 heavy (non-hydrogen) atoms. The van der Waals surface area contributed by atoms with E-state index in [2.05, 4.69) is 5.10 Å². The van der Waals surface area contributed by atoms with E-state index in [-0.39, 0.29) is 32.3 Å². The number of carbonyl (C=O) groups excluding carboxylic acids is 1. The molecular weight excluding hydrogens is 386 g/mol. The van der Waals surface area contributed by atoms with Crippen molar-refractivity contribution < 1.29 is 22.4 Å². The zero-order valence-electron chi connectivity index (χ0n) is 13.8. The number of halogens is 5. The number of aromatic nitrogens is 2. The van der Waals surface area contributed by atoms with Gasteiger partial charge in [0.15, 0.2) is 0 Å². The molecule has 0 unspecified atom stereocenters. The Hall–Kier alpha value is -2.87. The summed E-state index contributed by atoms with van der Waals surface area (Å²) in [5.41, 5.74) is -0.122. The third-order valence-electron chi connectivity index (χ3n) is 3.82. The quantitative estimate of drug-likeness (QED) is 0.464. The maximum Gasteiger partial charge on any atom is 0.321 e. The zero-order valence-corrected chi connectivity index (χ0v) is 14.6. The predicted octanol–water partition coefficient (Wildman–Crippen LogP) is 4.89. The minimum absolute atomic E-state index is 0.0925. The van der Waals surface area contributed by atoms with Crippen LogP contribution in [0.3, 0.4) is 0 Å². The molecule has 1 aromatic heterocycles. The van der Waals surface area contributed by atoms with E-state index in [0.717, 1.165) is 24.4 Å². The van der Waals surface area contributed by atoms with Crippen molar-refractivity contribution in [1.29, 1.82) is 0 Å². The maximum atomic E-state index is 13.8. The van der Waals surface area contributed by atoms with Gasteiger partial charge in [0, 0.05) is 18.8 Å². The lowest BCUT2D eigenvalue weighted by molar-refractivity contribution is 0.0839. The second kappa shape index (κ2) is 7.40. The van der Waals surface area contributed by atoms with Crippen LogP contribution in [0, 0.1) is 11.6 Å². The van der Waals surface area contributed by atoms with Crippen molar-refractivity contribution in [3.63, 3.8) is 0 Å². The highest BCUT2D eigenvalue weighted by molar-refractivity contribution is 6.31. The van der Waals surface area contributed by atoms with Crippen molar-refractivity contribution in [3.8, 4) is 11.1 Å². The smallest absolute Gasteiger partial charge is 0.275 e. The van der Waals surface area contributed by atoms with Gasteiger partial charge in [0.25, 0.3) is 5.91 Å². The minimum Gasteiger partial charge on any atom is -0.275 e. The van der Waals surface area contributed by atoms with Gasteiger partial charge >= 0.3 is 6.55 Å². The third-order valence-corrected chi connectivity index (χ3v) is 4.11. The average molecular weight is 398 g/mol. The Labute approximate surface area is 156 Å². The van der Waals surface area contributed by atoms with E-state index in [1.807, 2.05) is 0 Å². The molecular formula is C18H12ClF4N3O. The van der Waals surface area contributed by atoms with E-state index in [0.29, 0.717) is 0 Å². The van der Waals surface area contributed by atoms with Gasteiger partial charge in [-0.05, 0) is 35.9 Å². The summed E-state index contributed by atoms with van der Waals surface area (Å²) in [5.74, 6) is -2.56. The topological polar surface area (TPSA) is 38.1 Å². The molecule has 0 aliphatic heterocycles. The lowest BCUT2D eigenvalue weighted by Gasteiger charge is -2.24. The molecule has 0 saturated carbocycles. The molecule has 0 atom stereocenters. The fourth-order valence-corrected chi connectivity index (χ4v) is 2.77. The molecule has 0 N–H and O–H groups in total. The maximum absolute atomic E-state index is 13.8. The van der Waals surface area contributed by atoms with Gasteiger partial charge in [-0.3, -0.25) is 9.48 Å². The van der Waals surface area contributed by atoms with Crippen LogP contribution in [0.25, 0.3) is 11.1 Å². The Morgan fingerprint density at radius 3 is 2.52 bits per heavy atom. The first-order chi connectivity index (χ1) is 12.8. The summed E-state index contributed by atoms with van der Waals surface area (Å²) in [6, 6.07) is 6.66. The largest absolute Gasteiger partial charge is 0.321 e. The number of rotatable bonds is 4. The first kappa shape index (κ1) is 18.9. The van der Waals surface area contributed by atoms with Gasteiger partial charge < -0.3 is 0 Å². The summed E-state index contributed by atoms with van der Waals surface area (Å²) in [7, 11) is 1.53. The van der Waals surface area contributed by atoms with Crippen molar-refractivity contribution >= 4 is 23.2 Å². The molecule has 2 aromatic carbocycles. The van der Waals surface area contributed by atoms with Gasteiger partial charge in [0.2, 0.25) is 0 Å². The number of anilines is 1. The molecule has 4 nitrogen and oxygen atoms in total.